The summed E-state index contributed by atoms with van der Waals surface area (Å²) >= 11 is 0. The number of likely N-dealkylation sites (tertiary alicyclic amines) is 1. The van der Waals surface area contributed by atoms with Crippen molar-refractivity contribution in [2.75, 3.05) is 20.2 Å². The summed E-state index contributed by atoms with van der Waals surface area (Å²) in [6, 6.07) is 6.61. The van der Waals surface area contributed by atoms with Crippen LogP contribution in [-0.2, 0) is 25.7 Å². The van der Waals surface area contributed by atoms with Crippen LogP contribution < -0.4 is 10.1 Å². The number of hydrogen-bond acceptors (Lipinski definition) is 5. The number of imide groups is 1. The van der Waals surface area contributed by atoms with Gasteiger partial charge in [0.1, 0.15) is 11.8 Å². The molecule has 8 nitrogen and oxygen atoms in total. The number of nitrogens with zero attached hydrogens (tertiary/aromatic N) is 2. The molecule has 1 aromatic carbocycles. The predicted octanol–water partition coefficient (Wildman–Crippen LogP) is 2.53. The largest absolute Gasteiger partial charge is 0.497 e. The Hall–Kier alpha value is -3.16. The summed E-state index contributed by atoms with van der Waals surface area (Å²) in [6.07, 6.45) is 4.99. The maximum atomic E-state index is 13.3. The quantitative estimate of drug-likeness (QED) is 0.420. The Morgan fingerprint density at radius 1 is 1.06 bits per heavy atom. The van der Waals surface area contributed by atoms with Gasteiger partial charge >= 0.3 is 0 Å². The van der Waals surface area contributed by atoms with Crippen molar-refractivity contribution in [2.24, 2.45) is 17.8 Å². The monoisotopic (exact) mass is 469 g/mol. The van der Waals surface area contributed by atoms with E-state index in [9.17, 15) is 19.2 Å². The molecule has 1 aliphatic carbocycles. The number of ether oxygens (including phenoxy) is 1. The number of allylic oxidation sites excluding steroid dienone is 2. The Labute approximate surface area is 201 Å². The predicted molar refractivity (Wildman–Crippen MR) is 128 cm³/mol. The highest BCUT2D eigenvalue weighted by Gasteiger charge is 2.47. The number of hydrogen-bond donors (Lipinski definition) is 1. The summed E-state index contributed by atoms with van der Waals surface area (Å²) in [5, 5.41) is 2.89. The van der Waals surface area contributed by atoms with Crippen LogP contribution in [0.4, 0.5) is 0 Å². The molecule has 1 aliphatic heterocycles. The van der Waals surface area contributed by atoms with E-state index in [1.807, 2.05) is 38.1 Å². The molecule has 0 unspecified atom stereocenters. The van der Waals surface area contributed by atoms with Crippen molar-refractivity contribution in [2.45, 2.75) is 52.6 Å². The Morgan fingerprint density at radius 2 is 1.65 bits per heavy atom. The maximum Gasteiger partial charge on any atom is 0.242 e. The normalized spacial score (nSPS) is 20.3. The summed E-state index contributed by atoms with van der Waals surface area (Å²) in [7, 11) is 1.58. The van der Waals surface area contributed by atoms with Gasteiger partial charge in [0.15, 0.2) is 0 Å². The van der Waals surface area contributed by atoms with Crippen LogP contribution in [0.25, 0.3) is 0 Å². The van der Waals surface area contributed by atoms with Gasteiger partial charge in [-0.15, -0.1) is 0 Å². The van der Waals surface area contributed by atoms with Gasteiger partial charge in [-0.1, -0.05) is 38.1 Å². The SMILES string of the molecule is COc1ccc(CN(C(=O)CCN2C(=O)[C@H]3CC=CC[C@H]3C2=O)[C@H](C)C(=O)NCC(C)C)cc1. The third-order valence-corrected chi connectivity index (χ3v) is 6.51. The minimum Gasteiger partial charge on any atom is -0.497 e. The second kappa shape index (κ2) is 11.3. The van der Waals surface area contributed by atoms with E-state index in [0.29, 0.717) is 25.1 Å². The van der Waals surface area contributed by atoms with E-state index in [1.165, 1.54) is 9.80 Å². The summed E-state index contributed by atoms with van der Waals surface area (Å²) < 4.78 is 5.20. The van der Waals surface area contributed by atoms with Crippen molar-refractivity contribution in [3.8, 4) is 5.75 Å². The Balaban J connectivity index is 1.70. The zero-order chi connectivity index (χ0) is 24.8. The van der Waals surface area contributed by atoms with Gasteiger partial charge in [-0.25, -0.2) is 0 Å². The van der Waals surface area contributed by atoms with E-state index in [-0.39, 0.29) is 60.9 Å². The molecule has 1 N–H and O–H groups in total. The summed E-state index contributed by atoms with van der Waals surface area (Å²) in [5.41, 5.74) is 0.850. The molecular formula is C26H35N3O5. The zero-order valence-corrected chi connectivity index (χ0v) is 20.5. The third kappa shape index (κ3) is 5.85. The number of carbonyl (C=O) groups is 4. The van der Waals surface area contributed by atoms with Crippen LogP contribution in [0.3, 0.4) is 0 Å². The summed E-state index contributed by atoms with van der Waals surface area (Å²) in [6.45, 7) is 6.48. The number of nitrogens with one attached hydrogen (secondary N) is 1. The molecule has 2 aliphatic rings. The lowest BCUT2D eigenvalue weighted by Crippen LogP contribution is -2.49. The fourth-order valence-electron chi connectivity index (χ4n) is 4.40. The average molecular weight is 470 g/mol. The number of benzene rings is 1. The van der Waals surface area contributed by atoms with Gasteiger partial charge in [0.05, 0.1) is 18.9 Å². The molecule has 1 aromatic rings. The van der Waals surface area contributed by atoms with Crippen LogP contribution in [0.5, 0.6) is 5.75 Å². The van der Waals surface area contributed by atoms with E-state index in [0.717, 1.165) is 5.56 Å². The molecule has 4 amide bonds. The minimum atomic E-state index is -0.704. The molecule has 0 saturated carbocycles. The molecule has 0 aromatic heterocycles. The molecule has 3 rings (SSSR count). The first-order chi connectivity index (χ1) is 16.2. The zero-order valence-electron chi connectivity index (χ0n) is 20.5. The van der Waals surface area contributed by atoms with Crippen LogP contribution in [0.1, 0.15) is 45.6 Å². The lowest BCUT2D eigenvalue weighted by molar-refractivity contribution is -0.143. The summed E-state index contributed by atoms with van der Waals surface area (Å²) in [4.78, 5) is 54.3. The molecule has 184 valence electrons. The summed E-state index contributed by atoms with van der Waals surface area (Å²) in [5.74, 6) is -0.559. The smallest absolute Gasteiger partial charge is 0.242 e. The van der Waals surface area contributed by atoms with Gasteiger partial charge in [-0.05, 0) is 43.4 Å². The van der Waals surface area contributed by atoms with E-state index in [1.54, 1.807) is 26.2 Å². The van der Waals surface area contributed by atoms with Crippen molar-refractivity contribution in [1.29, 1.82) is 0 Å². The maximum absolute atomic E-state index is 13.3. The van der Waals surface area contributed by atoms with E-state index >= 15 is 0 Å². The van der Waals surface area contributed by atoms with E-state index in [4.69, 9.17) is 4.74 Å². The first-order valence-corrected chi connectivity index (χ1v) is 11.9. The van der Waals surface area contributed by atoms with Crippen LogP contribution in [0.2, 0.25) is 0 Å². The molecule has 1 heterocycles. The van der Waals surface area contributed by atoms with E-state index in [2.05, 4.69) is 5.32 Å². The molecule has 34 heavy (non-hydrogen) atoms. The number of fused-ring (bicyclic) bond motifs is 1. The van der Waals surface area contributed by atoms with Crippen LogP contribution in [-0.4, -0.2) is 59.7 Å². The molecule has 8 heteroatoms. The minimum absolute atomic E-state index is 0.0255. The van der Waals surface area contributed by atoms with Crippen molar-refractivity contribution < 1.29 is 23.9 Å². The van der Waals surface area contributed by atoms with Gasteiger partial charge in [-0.2, -0.15) is 0 Å². The van der Waals surface area contributed by atoms with Gasteiger partial charge in [0.2, 0.25) is 23.6 Å². The highest BCUT2D eigenvalue weighted by Crippen LogP contribution is 2.35. The van der Waals surface area contributed by atoms with Crippen molar-refractivity contribution >= 4 is 23.6 Å². The standard InChI is InChI=1S/C26H35N3O5/c1-17(2)15-27-24(31)18(3)29(16-19-9-11-20(34-4)12-10-19)23(30)13-14-28-25(32)21-7-5-6-8-22(21)26(28)33/h5-6,9-12,17-18,21-22H,7-8,13-16H2,1-4H3,(H,27,31)/t18-,21-,22+/m1/s1. The molecule has 3 atom stereocenters. The van der Waals surface area contributed by atoms with Crippen molar-refractivity contribution in [3.05, 3.63) is 42.0 Å². The molecule has 1 fully saturated rings. The van der Waals surface area contributed by atoms with Crippen molar-refractivity contribution in [3.63, 3.8) is 0 Å². The van der Waals surface area contributed by atoms with Crippen LogP contribution in [0, 0.1) is 17.8 Å². The van der Waals surface area contributed by atoms with E-state index < -0.39 is 6.04 Å². The lowest BCUT2D eigenvalue weighted by atomic mass is 9.85. The van der Waals surface area contributed by atoms with Gasteiger partial charge in [-0.3, -0.25) is 24.1 Å². The molecule has 0 radical (unpaired) electrons. The molecule has 0 spiro atoms. The fraction of sp³-hybridized carbons (Fsp3) is 0.538. The number of amides is 4. The topological polar surface area (TPSA) is 96.0 Å². The number of carbonyl (C=O) groups excluding carboxylic acids is 4. The molecular weight excluding hydrogens is 434 g/mol. The van der Waals surface area contributed by atoms with Crippen LogP contribution >= 0.6 is 0 Å². The molecule has 0 bridgehead atoms. The third-order valence-electron chi connectivity index (χ3n) is 6.51. The fourth-order valence-corrected chi connectivity index (χ4v) is 4.40. The highest BCUT2D eigenvalue weighted by molar-refractivity contribution is 6.05. The average Bonchev–Trinajstić information content (AvgIpc) is 3.08. The second-order valence-electron chi connectivity index (χ2n) is 9.42. The number of rotatable bonds is 10. The first kappa shape index (κ1) is 25.5. The van der Waals surface area contributed by atoms with Gasteiger partial charge in [0, 0.05) is 26.1 Å². The Kier molecular flexibility index (Phi) is 8.47. The molecule has 1 saturated heterocycles. The second-order valence-corrected chi connectivity index (χ2v) is 9.42. The first-order valence-electron chi connectivity index (χ1n) is 11.9. The highest BCUT2D eigenvalue weighted by atomic mass is 16.5. The Morgan fingerprint density at radius 3 is 2.18 bits per heavy atom. The number of methoxy groups -OCH3 is 1. The van der Waals surface area contributed by atoms with Gasteiger partial charge in [0.25, 0.3) is 0 Å². The van der Waals surface area contributed by atoms with Crippen LogP contribution in [0.15, 0.2) is 36.4 Å². The van der Waals surface area contributed by atoms with Gasteiger partial charge < -0.3 is 15.0 Å². The van der Waals surface area contributed by atoms with Crippen molar-refractivity contribution in [1.82, 2.24) is 15.1 Å². The Bertz CT molecular complexity index is 914. The lowest BCUT2D eigenvalue weighted by Gasteiger charge is -2.29.